The SMILES string of the molecule is CC1(C)CC(=O)c2c(C(=O)O)cc(-c3ccc(Br)cc3)nc2C1. The van der Waals surface area contributed by atoms with Crippen LogP contribution in [0.3, 0.4) is 0 Å². The molecule has 0 spiro atoms. The van der Waals surface area contributed by atoms with Gasteiger partial charge in [0, 0.05) is 16.5 Å². The Balaban J connectivity index is 2.21. The zero-order chi connectivity index (χ0) is 16.8. The van der Waals surface area contributed by atoms with Crippen molar-refractivity contribution in [2.45, 2.75) is 26.7 Å². The van der Waals surface area contributed by atoms with Gasteiger partial charge in [-0.25, -0.2) is 4.79 Å². The van der Waals surface area contributed by atoms with E-state index in [9.17, 15) is 14.7 Å². The lowest BCUT2D eigenvalue weighted by Crippen LogP contribution is -2.30. The van der Waals surface area contributed by atoms with Gasteiger partial charge in [-0.05, 0) is 30.0 Å². The lowest BCUT2D eigenvalue weighted by molar-refractivity contribution is 0.0687. The number of hydrogen-bond donors (Lipinski definition) is 1. The average Bonchev–Trinajstić information content (AvgIpc) is 2.45. The minimum Gasteiger partial charge on any atom is -0.478 e. The van der Waals surface area contributed by atoms with E-state index in [0.717, 1.165) is 10.0 Å². The van der Waals surface area contributed by atoms with Crippen LogP contribution in [0.2, 0.25) is 0 Å². The number of ketones is 1. The summed E-state index contributed by atoms with van der Waals surface area (Å²) in [6.45, 7) is 4.00. The van der Waals surface area contributed by atoms with Crippen LogP contribution in [-0.2, 0) is 6.42 Å². The summed E-state index contributed by atoms with van der Waals surface area (Å²) in [5.41, 5.74) is 2.12. The van der Waals surface area contributed by atoms with E-state index in [4.69, 9.17) is 0 Å². The second-order valence-electron chi connectivity index (χ2n) is 6.63. The van der Waals surface area contributed by atoms with E-state index in [-0.39, 0.29) is 22.3 Å². The highest BCUT2D eigenvalue weighted by atomic mass is 79.9. The van der Waals surface area contributed by atoms with Crippen molar-refractivity contribution in [2.75, 3.05) is 0 Å². The molecule has 0 radical (unpaired) electrons. The van der Waals surface area contributed by atoms with Crippen LogP contribution in [0.1, 0.15) is 46.7 Å². The van der Waals surface area contributed by atoms with Crippen molar-refractivity contribution in [2.24, 2.45) is 5.41 Å². The van der Waals surface area contributed by atoms with Crippen molar-refractivity contribution in [3.05, 3.63) is 51.6 Å². The van der Waals surface area contributed by atoms with E-state index in [1.807, 2.05) is 38.1 Å². The summed E-state index contributed by atoms with van der Waals surface area (Å²) in [5, 5.41) is 9.52. The summed E-state index contributed by atoms with van der Waals surface area (Å²) < 4.78 is 0.939. The molecule has 1 N–H and O–H groups in total. The first kappa shape index (κ1) is 15.9. The largest absolute Gasteiger partial charge is 0.478 e. The minimum absolute atomic E-state index is 0.0495. The molecule has 0 amide bonds. The fourth-order valence-electron chi connectivity index (χ4n) is 3.01. The standard InChI is InChI=1S/C18H16BrNO3/c1-18(2)8-14-16(15(21)9-18)12(17(22)23)7-13(20-14)10-3-5-11(19)6-4-10/h3-7H,8-9H2,1-2H3,(H,22,23). The zero-order valence-electron chi connectivity index (χ0n) is 12.9. The Bertz CT molecular complexity index is 810. The summed E-state index contributed by atoms with van der Waals surface area (Å²) >= 11 is 3.38. The van der Waals surface area contributed by atoms with Crippen molar-refractivity contribution in [1.82, 2.24) is 4.98 Å². The third-order valence-corrected chi connectivity index (χ3v) is 4.56. The Labute approximate surface area is 142 Å². The zero-order valence-corrected chi connectivity index (χ0v) is 14.5. The maximum Gasteiger partial charge on any atom is 0.336 e. The maximum atomic E-state index is 12.4. The van der Waals surface area contributed by atoms with E-state index >= 15 is 0 Å². The van der Waals surface area contributed by atoms with Crippen LogP contribution in [0.4, 0.5) is 0 Å². The number of Topliss-reactive ketones (excluding diaryl/α,β-unsaturated/α-hetero) is 1. The highest BCUT2D eigenvalue weighted by molar-refractivity contribution is 9.10. The van der Waals surface area contributed by atoms with Gasteiger partial charge in [-0.2, -0.15) is 0 Å². The van der Waals surface area contributed by atoms with Gasteiger partial charge >= 0.3 is 5.97 Å². The van der Waals surface area contributed by atoms with Crippen LogP contribution in [-0.4, -0.2) is 21.8 Å². The number of halogens is 1. The molecule has 118 valence electrons. The number of pyridine rings is 1. The fraction of sp³-hybridized carbons (Fsp3) is 0.278. The van der Waals surface area contributed by atoms with Crippen LogP contribution in [0.15, 0.2) is 34.8 Å². The molecule has 0 bridgehead atoms. The highest BCUT2D eigenvalue weighted by Gasteiger charge is 2.35. The van der Waals surface area contributed by atoms with Gasteiger partial charge in [0.2, 0.25) is 0 Å². The fourth-order valence-corrected chi connectivity index (χ4v) is 3.28. The Kier molecular flexibility index (Phi) is 3.84. The predicted octanol–water partition coefficient (Wildman–Crippen LogP) is 4.36. The first-order valence-corrected chi connectivity index (χ1v) is 8.12. The highest BCUT2D eigenvalue weighted by Crippen LogP contribution is 2.36. The topological polar surface area (TPSA) is 67.3 Å². The lowest BCUT2D eigenvalue weighted by Gasteiger charge is -2.30. The number of rotatable bonds is 2. The Hall–Kier alpha value is -2.01. The number of aromatic nitrogens is 1. The van der Waals surface area contributed by atoms with Gasteiger partial charge in [-0.1, -0.05) is 41.9 Å². The molecular formula is C18H16BrNO3. The van der Waals surface area contributed by atoms with E-state index < -0.39 is 5.97 Å². The van der Waals surface area contributed by atoms with Gasteiger partial charge in [-0.3, -0.25) is 9.78 Å². The quantitative estimate of drug-likeness (QED) is 0.848. The molecule has 0 saturated carbocycles. The van der Waals surface area contributed by atoms with E-state index in [0.29, 0.717) is 24.2 Å². The number of carbonyl (C=O) groups excluding carboxylic acids is 1. The monoisotopic (exact) mass is 373 g/mol. The Morgan fingerprint density at radius 3 is 2.48 bits per heavy atom. The molecule has 5 heteroatoms. The van der Waals surface area contributed by atoms with Gasteiger partial charge in [0.25, 0.3) is 0 Å². The van der Waals surface area contributed by atoms with Gasteiger partial charge < -0.3 is 5.11 Å². The van der Waals surface area contributed by atoms with E-state index in [1.165, 1.54) is 6.07 Å². The number of benzene rings is 1. The average molecular weight is 374 g/mol. The van der Waals surface area contributed by atoms with Gasteiger partial charge in [0.05, 0.1) is 22.5 Å². The maximum absolute atomic E-state index is 12.4. The predicted molar refractivity (Wildman–Crippen MR) is 90.8 cm³/mol. The third-order valence-electron chi connectivity index (χ3n) is 4.03. The molecule has 0 atom stereocenters. The van der Waals surface area contributed by atoms with Gasteiger partial charge in [-0.15, -0.1) is 0 Å². The van der Waals surface area contributed by atoms with E-state index in [2.05, 4.69) is 20.9 Å². The first-order valence-electron chi connectivity index (χ1n) is 7.33. The molecule has 1 aromatic carbocycles. The lowest BCUT2D eigenvalue weighted by atomic mass is 9.74. The molecule has 1 aliphatic rings. The van der Waals surface area contributed by atoms with Gasteiger partial charge in [0.15, 0.2) is 5.78 Å². The second kappa shape index (κ2) is 5.57. The molecule has 0 saturated heterocycles. The van der Waals surface area contributed by atoms with Crippen molar-refractivity contribution >= 4 is 27.7 Å². The number of aromatic carboxylic acids is 1. The molecule has 1 aromatic heterocycles. The molecule has 1 aliphatic carbocycles. The smallest absolute Gasteiger partial charge is 0.336 e. The number of nitrogens with zero attached hydrogens (tertiary/aromatic N) is 1. The number of carboxylic acids is 1. The van der Waals surface area contributed by atoms with Crippen LogP contribution in [0.25, 0.3) is 11.3 Å². The molecular weight excluding hydrogens is 358 g/mol. The summed E-state index contributed by atoms with van der Waals surface area (Å²) in [5.74, 6) is -1.22. The van der Waals surface area contributed by atoms with Crippen molar-refractivity contribution in [3.8, 4) is 11.3 Å². The van der Waals surface area contributed by atoms with E-state index in [1.54, 1.807) is 0 Å². The molecule has 0 fully saturated rings. The number of carboxylic acid groups (broad SMARTS) is 1. The summed E-state index contributed by atoms with van der Waals surface area (Å²) in [4.78, 5) is 28.6. The molecule has 0 unspecified atom stereocenters. The molecule has 23 heavy (non-hydrogen) atoms. The van der Waals surface area contributed by atoms with Crippen LogP contribution in [0, 0.1) is 5.41 Å². The van der Waals surface area contributed by atoms with Crippen molar-refractivity contribution in [1.29, 1.82) is 0 Å². The number of fused-ring (bicyclic) bond motifs is 1. The third kappa shape index (κ3) is 3.06. The van der Waals surface area contributed by atoms with Gasteiger partial charge in [0.1, 0.15) is 0 Å². The normalized spacial score (nSPS) is 16.0. The molecule has 3 rings (SSSR count). The molecule has 2 aromatic rings. The first-order chi connectivity index (χ1) is 10.8. The van der Waals surface area contributed by atoms with Crippen molar-refractivity contribution in [3.63, 3.8) is 0 Å². The summed E-state index contributed by atoms with van der Waals surface area (Å²) in [7, 11) is 0. The summed E-state index contributed by atoms with van der Waals surface area (Å²) in [6, 6.07) is 9.01. The van der Waals surface area contributed by atoms with Crippen LogP contribution in [0.5, 0.6) is 0 Å². The van der Waals surface area contributed by atoms with Crippen LogP contribution >= 0.6 is 15.9 Å². The molecule has 1 heterocycles. The minimum atomic E-state index is -1.09. The molecule has 0 aliphatic heterocycles. The molecule has 4 nitrogen and oxygen atoms in total. The number of hydrogen-bond acceptors (Lipinski definition) is 3. The summed E-state index contributed by atoms with van der Waals surface area (Å²) in [6.07, 6.45) is 0.943. The number of carbonyl (C=O) groups is 2. The second-order valence-corrected chi connectivity index (χ2v) is 7.55. The Morgan fingerprint density at radius 1 is 1.22 bits per heavy atom. The van der Waals surface area contributed by atoms with Crippen molar-refractivity contribution < 1.29 is 14.7 Å². The van der Waals surface area contributed by atoms with Crippen LogP contribution < -0.4 is 0 Å². The Morgan fingerprint density at radius 2 is 1.87 bits per heavy atom.